The molecule has 19 heavy (non-hydrogen) atoms. The lowest BCUT2D eigenvalue weighted by atomic mass is 10.4. The van der Waals surface area contributed by atoms with E-state index < -0.39 is 10.0 Å². The predicted molar refractivity (Wildman–Crippen MR) is 70.3 cm³/mol. The van der Waals surface area contributed by atoms with E-state index in [2.05, 4.69) is 24.7 Å². The maximum absolute atomic E-state index is 12.2. The number of pyridine rings is 1. The molecular formula is C11H14N4O3S. The van der Waals surface area contributed by atoms with Gasteiger partial charge >= 0.3 is 0 Å². The van der Waals surface area contributed by atoms with Crippen LogP contribution in [0.5, 0.6) is 0 Å². The summed E-state index contributed by atoms with van der Waals surface area (Å²) in [4.78, 5) is 3.91. The molecule has 0 saturated heterocycles. The van der Waals surface area contributed by atoms with Gasteiger partial charge in [0.2, 0.25) is 0 Å². The summed E-state index contributed by atoms with van der Waals surface area (Å²) in [5.41, 5.74) is 0.459. The first kappa shape index (κ1) is 13.3. The number of nitrogens with zero attached hydrogens (tertiary/aromatic N) is 2. The van der Waals surface area contributed by atoms with E-state index >= 15 is 0 Å². The maximum atomic E-state index is 12.2. The molecule has 0 spiro atoms. The number of anilines is 2. The standard InChI is InChI=1S/C11H14N4O3S/c1-2-6-12-9-4-3-7-13-11(9)19(16,17)15-10-5-8-18-14-10/h3-5,7-8,12H,2,6H2,1H3,(H,14,15). The molecule has 0 amide bonds. The zero-order valence-electron chi connectivity index (χ0n) is 10.3. The number of hydrogen-bond donors (Lipinski definition) is 2. The molecule has 0 atom stereocenters. The number of nitrogens with one attached hydrogen (secondary N) is 2. The second-order valence-electron chi connectivity index (χ2n) is 3.77. The van der Waals surface area contributed by atoms with E-state index in [0.717, 1.165) is 6.42 Å². The summed E-state index contributed by atoms with van der Waals surface area (Å²) in [5, 5.41) is 6.46. The second kappa shape index (κ2) is 5.70. The highest BCUT2D eigenvalue weighted by Gasteiger charge is 2.21. The van der Waals surface area contributed by atoms with Gasteiger partial charge in [-0.15, -0.1) is 0 Å². The van der Waals surface area contributed by atoms with Crippen molar-refractivity contribution in [1.82, 2.24) is 10.1 Å². The largest absolute Gasteiger partial charge is 0.383 e. The van der Waals surface area contributed by atoms with Gasteiger partial charge in [0.1, 0.15) is 6.26 Å². The summed E-state index contributed by atoms with van der Waals surface area (Å²) in [7, 11) is -3.79. The van der Waals surface area contributed by atoms with Crippen molar-refractivity contribution in [3.05, 3.63) is 30.7 Å². The fourth-order valence-corrected chi connectivity index (χ4v) is 2.56. The Bertz CT molecular complexity index is 625. The van der Waals surface area contributed by atoms with Gasteiger partial charge in [0, 0.05) is 18.8 Å². The van der Waals surface area contributed by atoms with E-state index in [-0.39, 0.29) is 10.8 Å². The fourth-order valence-electron chi connectivity index (χ4n) is 1.45. The van der Waals surface area contributed by atoms with Crippen molar-refractivity contribution < 1.29 is 12.9 Å². The first-order chi connectivity index (χ1) is 9.13. The highest BCUT2D eigenvalue weighted by molar-refractivity contribution is 7.92. The zero-order valence-corrected chi connectivity index (χ0v) is 11.1. The molecule has 2 N–H and O–H groups in total. The van der Waals surface area contributed by atoms with Gasteiger partial charge in [-0.2, -0.15) is 8.42 Å². The summed E-state index contributed by atoms with van der Waals surface area (Å²) in [6.07, 6.45) is 3.59. The van der Waals surface area contributed by atoms with Gasteiger partial charge in [-0.05, 0) is 18.6 Å². The van der Waals surface area contributed by atoms with Crippen molar-refractivity contribution in [2.24, 2.45) is 0 Å². The molecule has 2 aromatic heterocycles. The molecule has 102 valence electrons. The molecule has 0 aromatic carbocycles. The van der Waals surface area contributed by atoms with E-state index in [9.17, 15) is 8.42 Å². The second-order valence-corrected chi connectivity index (χ2v) is 5.37. The molecule has 0 unspecified atom stereocenters. The fraction of sp³-hybridized carbons (Fsp3) is 0.273. The number of hydrogen-bond acceptors (Lipinski definition) is 6. The minimum Gasteiger partial charge on any atom is -0.383 e. The van der Waals surface area contributed by atoms with Crippen LogP contribution in [0, 0.1) is 0 Å². The van der Waals surface area contributed by atoms with E-state index in [4.69, 9.17) is 0 Å². The molecule has 0 radical (unpaired) electrons. The Hall–Kier alpha value is -2.09. The summed E-state index contributed by atoms with van der Waals surface area (Å²) < 4.78 is 31.3. The van der Waals surface area contributed by atoms with Crippen molar-refractivity contribution in [1.29, 1.82) is 0 Å². The minimum atomic E-state index is -3.79. The quantitative estimate of drug-likeness (QED) is 0.836. The van der Waals surface area contributed by atoms with Crippen molar-refractivity contribution >= 4 is 21.5 Å². The van der Waals surface area contributed by atoms with Crippen LogP contribution in [0.3, 0.4) is 0 Å². The lowest BCUT2D eigenvalue weighted by Crippen LogP contribution is -2.17. The van der Waals surface area contributed by atoms with Crippen LogP contribution in [0.2, 0.25) is 0 Å². The first-order valence-electron chi connectivity index (χ1n) is 5.75. The molecule has 0 bridgehead atoms. The molecule has 0 aliphatic carbocycles. The maximum Gasteiger partial charge on any atom is 0.282 e. The van der Waals surface area contributed by atoms with Crippen LogP contribution in [0.25, 0.3) is 0 Å². The van der Waals surface area contributed by atoms with Crippen molar-refractivity contribution in [2.75, 3.05) is 16.6 Å². The highest BCUT2D eigenvalue weighted by Crippen LogP contribution is 2.20. The van der Waals surface area contributed by atoms with Gasteiger partial charge < -0.3 is 9.84 Å². The third kappa shape index (κ3) is 3.22. The zero-order chi connectivity index (χ0) is 13.7. The average Bonchev–Trinajstić information content (AvgIpc) is 2.88. The lowest BCUT2D eigenvalue weighted by molar-refractivity contribution is 0.423. The minimum absolute atomic E-state index is 0.0635. The highest BCUT2D eigenvalue weighted by atomic mass is 32.2. The molecule has 2 rings (SSSR count). The topological polar surface area (TPSA) is 97.1 Å². The van der Waals surface area contributed by atoms with Crippen LogP contribution >= 0.6 is 0 Å². The van der Waals surface area contributed by atoms with Gasteiger partial charge in [-0.1, -0.05) is 12.1 Å². The Morgan fingerprint density at radius 1 is 1.37 bits per heavy atom. The number of aromatic nitrogens is 2. The van der Waals surface area contributed by atoms with E-state index in [1.807, 2.05) is 6.92 Å². The number of sulfonamides is 1. The Morgan fingerprint density at radius 2 is 2.21 bits per heavy atom. The Kier molecular flexibility index (Phi) is 4.00. The van der Waals surface area contributed by atoms with E-state index in [1.54, 1.807) is 12.1 Å². The molecule has 2 aromatic rings. The van der Waals surface area contributed by atoms with E-state index in [0.29, 0.717) is 12.2 Å². The van der Waals surface area contributed by atoms with Crippen LogP contribution in [0.1, 0.15) is 13.3 Å². The Labute approximate surface area is 111 Å². The van der Waals surface area contributed by atoms with Crippen LogP contribution in [0.4, 0.5) is 11.5 Å². The third-order valence-corrected chi connectivity index (χ3v) is 3.58. The molecular weight excluding hydrogens is 268 g/mol. The van der Waals surface area contributed by atoms with Crippen LogP contribution in [-0.4, -0.2) is 25.1 Å². The van der Waals surface area contributed by atoms with Crippen molar-refractivity contribution in [3.63, 3.8) is 0 Å². The van der Waals surface area contributed by atoms with Gasteiger partial charge in [0.25, 0.3) is 10.0 Å². The normalized spacial score (nSPS) is 11.2. The summed E-state index contributed by atoms with van der Waals surface area (Å²) in [6, 6.07) is 4.76. The van der Waals surface area contributed by atoms with Gasteiger partial charge in [-0.3, -0.25) is 4.72 Å². The average molecular weight is 282 g/mol. The molecule has 2 heterocycles. The molecule has 0 aliphatic heterocycles. The molecule has 8 heteroatoms. The van der Waals surface area contributed by atoms with Crippen LogP contribution in [0.15, 0.2) is 40.2 Å². The summed E-state index contributed by atoms with van der Waals surface area (Å²) in [6.45, 7) is 2.66. The van der Waals surface area contributed by atoms with Crippen LogP contribution < -0.4 is 10.0 Å². The van der Waals surface area contributed by atoms with Gasteiger partial charge in [0.05, 0.1) is 5.69 Å². The molecule has 0 saturated carbocycles. The Balaban J connectivity index is 2.29. The number of rotatable bonds is 6. The van der Waals surface area contributed by atoms with Crippen molar-refractivity contribution in [3.8, 4) is 0 Å². The van der Waals surface area contributed by atoms with Crippen molar-refractivity contribution in [2.45, 2.75) is 18.4 Å². The monoisotopic (exact) mass is 282 g/mol. The first-order valence-corrected chi connectivity index (χ1v) is 7.24. The van der Waals surface area contributed by atoms with Gasteiger partial charge in [-0.25, -0.2) is 4.98 Å². The summed E-state index contributed by atoms with van der Waals surface area (Å²) in [5.74, 6) is 0.118. The summed E-state index contributed by atoms with van der Waals surface area (Å²) >= 11 is 0. The molecule has 0 fully saturated rings. The van der Waals surface area contributed by atoms with Gasteiger partial charge in [0.15, 0.2) is 10.8 Å². The predicted octanol–water partition coefficient (Wildman–Crippen LogP) is 1.69. The smallest absolute Gasteiger partial charge is 0.282 e. The third-order valence-electron chi connectivity index (χ3n) is 2.27. The SMILES string of the molecule is CCCNc1cccnc1S(=O)(=O)Nc1ccon1. The lowest BCUT2D eigenvalue weighted by Gasteiger charge is -2.10. The van der Waals surface area contributed by atoms with E-state index in [1.165, 1.54) is 18.5 Å². The molecule has 0 aliphatic rings. The molecule has 7 nitrogen and oxygen atoms in total. The Morgan fingerprint density at radius 3 is 2.89 bits per heavy atom. The van der Waals surface area contributed by atoms with Crippen LogP contribution in [-0.2, 0) is 10.0 Å².